The number of hydrogen-bond acceptors (Lipinski definition) is 4. The van der Waals surface area contributed by atoms with Crippen LogP contribution >= 0.6 is 15.9 Å². The Labute approximate surface area is 193 Å². The van der Waals surface area contributed by atoms with E-state index in [1.807, 2.05) is 75.4 Å². The van der Waals surface area contributed by atoms with Gasteiger partial charge in [0.25, 0.3) is 0 Å². The van der Waals surface area contributed by atoms with Crippen LogP contribution in [-0.4, -0.2) is 19.1 Å². The summed E-state index contributed by atoms with van der Waals surface area (Å²) < 4.78 is 22.5. The van der Waals surface area contributed by atoms with E-state index in [0.29, 0.717) is 12.0 Å². The van der Waals surface area contributed by atoms with Crippen LogP contribution in [0.1, 0.15) is 38.1 Å². The number of halogens is 1. The third kappa shape index (κ3) is 4.95. The number of rotatable bonds is 6. The molecule has 0 aliphatic heterocycles. The highest BCUT2D eigenvalue weighted by molar-refractivity contribution is 9.10. The van der Waals surface area contributed by atoms with Gasteiger partial charge in [0.05, 0.1) is 21.8 Å². The lowest BCUT2D eigenvalue weighted by atomic mass is 9.94. The molecule has 1 N–H and O–H groups in total. The quantitative estimate of drug-likeness (QED) is 0.355. The van der Waals surface area contributed by atoms with Gasteiger partial charge in [-0.3, -0.25) is 4.98 Å². The number of nitrogens with one attached hydrogen (secondary N) is 1. The lowest BCUT2D eigenvalue weighted by Gasteiger charge is -2.25. The minimum absolute atomic E-state index is 0.214. The van der Waals surface area contributed by atoms with E-state index in [4.69, 9.17) is 4.52 Å². The van der Waals surface area contributed by atoms with Crippen LogP contribution in [0.4, 0.5) is 0 Å². The van der Waals surface area contributed by atoms with Crippen LogP contribution in [0.3, 0.4) is 0 Å². The van der Waals surface area contributed by atoms with Crippen LogP contribution in [0.25, 0.3) is 22.2 Å². The summed E-state index contributed by atoms with van der Waals surface area (Å²) in [4.78, 5) is 4.49. The summed E-state index contributed by atoms with van der Waals surface area (Å²) in [6.45, 7) is 5.88. The van der Waals surface area contributed by atoms with E-state index in [1.165, 1.54) is 0 Å². The molecule has 5 nitrogen and oxygen atoms in total. The molecule has 0 radical (unpaired) electrons. The molecule has 0 bridgehead atoms. The monoisotopic (exact) mass is 497 g/mol. The topological polar surface area (TPSA) is 68.0 Å². The molecule has 31 heavy (non-hydrogen) atoms. The minimum atomic E-state index is -1.25. The Kier molecular flexibility index (Phi) is 6.36. The Bertz CT molecular complexity index is 1220. The summed E-state index contributed by atoms with van der Waals surface area (Å²) >= 11 is 3.48. The smallest absolute Gasteiger partial charge is 0.168 e. The third-order valence-corrected chi connectivity index (χ3v) is 7.07. The fourth-order valence-electron chi connectivity index (χ4n) is 3.37. The summed E-state index contributed by atoms with van der Waals surface area (Å²) in [5.41, 5.74) is 4.36. The molecule has 0 saturated carbocycles. The van der Waals surface area contributed by atoms with Gasteiger partial charge in [-0.25, -0.2) is 8.93 Å². The van der Waals surface area contributed by atoms with Crippen molar-refractivity contribution in [2.45, 2.75) is 38.0 Å². The summed E-state index contributed by atoms with van der Waals surface area (Å²) in [5, 5.41) is 5.30. The van der Waals surface area contributed by atoms with Gasteiger partial charge in [0, 0.05) is 33.7 Å². The van der Waals surface area contributed by atoms with Crippen molar-refractivity contribution in [1.29, 1.82) is 0 Å². The van der Waals surface area contributed by atoms with Gasteiger partial charge >= 0.3 is 0 Å². The second-order valence-corrected chi connectivity index (χ2v) is 11.2. The van der Waals surface area contributed by atoms with Crippen LogP contribution in [-0.2, 0) is 17.4 Å². The molecule has 0 fully saturated rings. The lowest BCUT2D eigenvalue weighted by Crippen LogP contribution is -2.36. The first-order chi connectivity index (χ1) is 14.8. The zero-order valence-electron chi connectivity index (χ0n) is 17.6. The van der Waals surface area contributed by atoms with Crippen molar-refractivity contribution in [1.82, 2.24) is 14.9 Å². The first-order valence-electron chi connectivity index (χ1n) is 10.0. The second-order valence-electron chi connectivity index (χ2n) is 8.34. The van der Waals surface area contributed by atoms with Crippen LogP contribution in [0.15, 0.2) is 75.9 Å². The molecule has 0 spiro atoms. The first-order valence-corrected chi connectivity index (χ1v) is 12.0. The Morgan fingerprint density at radius 2 is 1.87 bits per heavy atom. The molecular formula is C24H24BrN3O2S. The number of nitrogens with zero attached hydrogens (tertiary/aromatic N) is 2. The van der Waals surface area contributed by atoms with Crippen molar-refractivity contribution < 1.29 is 8.73 Å². The standard InChI is InChI=1S/C24H24BrN3O2S/c1-24(2,3)31(29)28-21(15-17-8-6-7-13-26-17)18-9-4-5-10-19(18)23-20-12-11-16(25)14-22(20)30-27-23/h4-14,21,28H,15H2,1-3H3. The van der Waals surface area contributed by atoms with Crippen molar-refractivity contribution in [2.24, 2.45) is 0 Å². The van der Waals surface area contributed by atoms with E-state index in [0.717, 1.165) is 32.4 Å². The average Bonchev–Trinajstić information content (AvgIpc) is 3.16. The van der Waals surface area contributed by atoms with Crippen LogP contribution in [0.2, 0.25) is 0 Å². The van der Waals surface area contributed by atoms with Crippen LogP contribution in [0.5, 0.6) is 0 Å². The fraction of sp³-hybridized carbons (Fsp3) is 0.250. The van der Waals surface area contributed by atoms with E-state index in [-0.39, 0.29) is 6.04 Å². The maximum Gasteiger partial charge on any atom is 0.168 e. The third-order valence-electron chi connectivity index (χ3n) is 4.97. The summed E-state index contributed by atoms with van der Waals surface area (Å²) in [7, 11) is -1.25. The van der Waals surface area contributed by atoms with E-state index < -0.39 is 15.7 Å². The molecule has 2 heterocycles. The van der Waals surface area contributed by atoms with Crippen molar-refractivity contribution in [2.75, 3.05) is 0 Å². The van der Waals surface area contributed by atoms with Gasteiger partial charge in [0.15, 0.2) is 5.58 Å². The Hall–Kier alpha value is -2.35. The Balaban J connectivity index is 1.80. The summed E-state index contributed by atoms with van der Waals surface area (Å²) in [6, 6.07) is 19.6. The van der Waals surface area contributed by atoms with Crippen molar-refractivity contribution in [3.05, 3.63) is 82.6 Å². The maximum absolute atomic E-state index is 13.0. The average molecular weight is 498 g/mol. The molecule has 2 aromatic heterocycles. The summed E-state index contributed by atoms with van der Waals surface area (Å²) in [6.07, 6.45) is 2.38. The van der Waals surface area contributed by atoms with Crippen molar-refractivity contribution in [3.63, 3.8) is 0 Å². The number of benzene rings is 2. The van der Waals surface area contributed by atoms with Gasteiger partial charge in [-0.05, 0) is 56.7 Å². The molecule has 7 heteroatoms. The fourth-order valence-corrected chi connectivity index (χ4v) is 4.53. The number of hydrogen-bond donors (Lipinski definition) is 1. The van der Waals surface area contributed by atoms with E-state index >= 15 is 0 Å². The lowest BCUT2D eigenvalue weighted by molar-refractivity contribution is 0.459. The molecule has 0 aliphatic rings. The molecule has 0 amide bonds. The Morgan fingerprint density at radius 3 is 2.61 bits per heavy atom. The molecule has 160 valence electrons. The van der Waals surface area contributed by atoms with Gasteiger partial charge in [-0.2, -0.15) is 0 Å². The van der Waals surface area contributed by atoms with Crippen molar-refractivity contribution >= 4 is 37.9 Å². The van der Waals surface area contributed by atoms with Gasteiger partial charge in [-0.15, -0.1) is 0 Å². The largest absolute Gasteiger partial charge is 0.356 e. The predicted molar refractivity (Wildman–Crippen MR) is 129 cm³/mol. The van der Waals surface area contributed by atoms with E-state index in [2.05, 4.69) is 36.9 Å². The molecular weight excluding hydrogens is 474 g/mol. The highest BCUT2D eigenvalue weighted by Crippen LogP contribution is 2.35. The molecule has 2 aromatic carbocycles. The first kappa shape index (κ1) is 21.9. The molecule has 2 atom stereocenters. The van der Waals surface area contributed by atoms with Gasteiger partial charge in [0.2, 0.25) is 0 Å². The van der Waals surface area contributed by atoms with Crippen LogP contribution < -0.4 is 4.72 Å². The second kappa shape index (κ2) is 9.02. The number of pyridine rings is 1. The molecule has 4 rings (SSSR count). The molecule has 0 aliphatic carbocycles. The Morgan fingerprint density at radius 1 is 1.10 bits per heavy atom. The predicted octanol–water partition coefficient (Wildman–Crippen LogP) is 5.99. The molecule has 0 saturated heterocycles. The molecule has 4 aromatic rings. The van der Waals surface area contributed by atoms with Crippen LogP contribution in [0, 0.1) is 0 Å². The normalized spacial score (nSPS) is 13.9. The number of aromatic nitrogens is 2. The highest BCUT2D eigenvalue weighted by Gasteiger charge is 2.26. The zero-order valence-corrected chi connectivity index (χ0v) is 20.0. The van der Waals surface area contributed by atoms with E-state index in [9.17, 15) is 4.21 Å². The van der Waals surface area contributed by atoms with Gasteiger partial charge in [0.1, 0.15) is 5.69 Å². The maximum atomic E-state index is 13.0. The highest BCUT2D eigenvalue weighted by atomic mass is 79.9. The zero-order chi connectivity index (χ0) is 22.0. The van der Waals surface area contributed by atoms with E-state index in [1.54, 1.807) is 6.20 Å². The number of fused-ring (bicyclic) bond motifs is 1. The SMILES string of the molecule is CC(C)(C)S(=O)NC(Cc1ccccn1)c1ccccc1-c1noc2cc(Br)ccc12. The summed E-state index contributed by atoms with van der Waals surface area (Å²) in [5.74, 6) is 0. The van der Waals surface area contributed by atoms with Gasteiger partial charge < -0.3 is 4.52 Å². The molecule has 2 unspecified atom stereocenters. The van der Waals surface area contributed by atoms with Crippen molar-refractivity contribution in [3.8, 4) is 11.3 Å². The van der Waals surface area contributed by atoms with Gasteiger partial charge in [-0.1, -0.05) is 51.4 Å². The minimum Gasteiger partial charge on any atom is -0.356 e.